The first-order valence-corrected chi connectivity index (χ1v) is 8.39. The number of phenolic OH excluding ortho intramolecular Hbond substituents is 2. The van der Waals surface area contributed by atoms with Crippen LogP contribution in [0.4, 0.5) is 0 Å². The number of hydrogen-bond donors (Lipinski definition) is 2. The maximum absolute atomic E-state index is 9.57. The lowest BCUT2D eigenvalue weighted by atomic mass is 10.1. The molecule has 0 heterocycles. The molecule has 0 amide bonds. The second-order valence-corrected chi connectivity index (χ2v) is 5.66. The third kappa shape index (κ3) is 7.84. The van der Waals surface area contributed by atoms with Gasteiger partial charge >= 0.3 is 0 Å². The van der Waals surface area contributed by atoms with E-state index in [0.29, 0.717) is 6.61 Å². The summed E-state index contributed by atoms with van der Waals surface area (Å²) in [4.78, 5) is 0. The Morgan fingerprint density at radius 2 is 1.24 bits per heavy atom. The van der Waals surface area contributed by atoms with Crippen molar-refractivity contribution in [3.63, 3.8) is 0 Å². The van der Waals surface area contributed by atoms with Gasteiger partial charge in [0.2, 0.25) is 5.75 Å². The van der Waals surface area contributed by atoms with Gasteiger partial charge in [-0.1, -0.05) is 70.8 Å². The van der Waals surface area contributed by atoms with E-state index in [-0.39, 0.29) is 17.2 Å². The first-order valence-electron chi connectivity index (χ1n) is 8.39. The summed E-state index contributed by atoms with van der Waals surface area (Å²) in [6.07, 6.45) is 12.8. The quantitative estimate of drug-likeness (QED) is 0.508. The molecule has 0 fully saturated rings. The van der Waals surface area contributed by atoms with E-state index in [0.717, 1.165) is 12.8 Å². The maximum Gasteiger partial charge on any atom is 0.203 e. The predicted octanol–water partition coefficient (Wildman–Crippen LogP) is 5.40. The van der Waals surface area contributed by atoms with Crippen molar-refractivity contribution in [3.05, 3.63) is 18.2 Å². The van der Waals surface area contributed by atoms with Crippen LogP contribution >= 0.6 is 0 Å². The lowest BCUT2D eigenvalue weighted by molar-refractivity contribution is 0.274. The van der Waals surface area contributed by atoms with Crippen molar-refractivity contribution in [2.24, 2.45) is 0 Å². The first-order chi connectivity index (χ1) is 10.3. The van der Waals surface area contributed by atoms with Gasteiger partial charge in [-0.15, -0.1) is 0 Å². The zero-order chi connectivity index (χ0) is 15.3. The third-order valence-corrected chi connectivity index (χ3v) is 3.72. The van der Waals surface area contributed by atoms with Crippen LogP contribution in [0.3, 0.4) is 0 Å². The van der Waals surface area contributed by atoms with Gasteiger partial charge in [-0.2, -0.15) is 0 Å². The van der Waals surface area contributed by atoms with Gasteiger partial charge in [-0.05, 0) is 18.6 Å². The SMILES string of the molecule is CCCCCCCCCCCCOc1c(O)cccc1O. The summed E-state index contributed by atoms with van der Waals surface area (Å²) >= 11 is 0. The van der Waals surface area contributed by atoms with Crippen LogP contribution < -0.4 is 4.74 Å². The van der Waals surface area contributed by atoms with Crippen LogP contribution in [0.15, 0.2) is 18.2 Å². The van der Waals surface area contributed by atoms with Crippen molar-refractivity contribution in [1.29, 1.82) is 0 Å². The summed E-state index contributed by atoms with van der Waals surface area (Å²) < 4.78 is 5.44. The molecule has 0 saturated carbocycles. The van der Waals surface area contributed by atoms with E-state index in [1.807, 2.05) is 0 Å². The molecule has 120 valence electrons. The van der Waals surface area contributed by atoms with Crippen molar-refractivity contribution >= 4 is 0 Å². The van der Waals surface area contributed by atoms with Crippen LogP contribution in [0.25, 0.3) is 0 Å². The van der Waals surface area contributed by atoms with E-state index in [1.165, 1.54) is 63.5 Å². The van der Waals surface area contributed by atoms with Gasteiger partial charge in [-0.25, -0.2) is 0 Å². The molecular formula is C18H30O3. The highest BCUT2D eigenvalue weighted by molar-refractivity contribution is 5.49. The molecule has 0 bridgehead atoms. The van der Waals surface area contributed by atoms with Crippen LogP contribution in [0, 0.1) is 0 Å². The summed E-state index contributed by atoms with van der Waals surface area (Å²) in [5.74, 6) is 0.206. The average molecular weight is 294 g/mol. The summed E-state index contributed by atoms with van der Waals surface area (Å²) in [7, 11) is 0. The van der Waals surface area contributed by atoms with Gasteiger partial charge in [0, 0.05) is 0 Å². The number of phenols is 2. The summed E-state index contributed by atoms with van der Waals surface area (Å²) in [5, 5.41) is 19.1. The van der Waals surface area contributed by atoms with Crippen LogP contribution in [0.5, 0.6) is 17.2 Å². The molecule has 3 nitrogen and oxygen atoms in total. The molecule has 2 N–H and O–H groups in total. The van der Waals surface area contributed by atoms with Crippen molar-refractivity contribution in [2.75, 3.05) is 6.61 Å². The summed E-state index contributed by atoms with van der Waals surface area (Å²) in [6, 6.07) is 4.64. The molecule has 0 unspecified atom stereocenters. The van der Waals surface area contributed by atoms with Crippen LogP contribution in [0.1, 0.15) is 71.1 Å². The summed E-state index contributed by atoms with van der Waals surface area (Å²) in [5.41, 5.74) is 0. The van der Waals surface area contributed by atoms with Gasteiger partial charge in [0.1, 0.15) is 0 Å². The Hall–Kier alpha value is -1.38. The largest absolute Gasteiger partial charge is 0.504 e. The second-order valence-electron chi connectivity index (χ2n) is 5.66. The molecule has 0 aromatic heterocycles. The van der Waals surface area contributed by atoms with E-state index < -0.39 is 0 Å². The highest BCUT2D eigenvalue weighted by Gasteiger charge is 2.07. The van der Waals surface area contributed by atoms with E-state index in [1.54, 1.807) is 6.07 Å². The van der Waals surface area contributed by atoms with Gasteiger partial charge in [0.15, 0.2) is 11.5 Å². The standard InChI is InChI=1S/C18H30O3/c1-2-3-4-5-6-7-8-9-10-11-15-21-18-16(19)13-12-14-17(18)20/h12-14,19-20H,2-11,15H2,1H3. The number of unbranched alkanes of at least 4 members (excludes halogenated alkanes) is 9. The van der Waals surface area contributed by atoms with E-state index in [4.69, 9.17) is 4.74 Å². The zero-order valence-electron chi connectivity index (χ0n) is 13.3. The fraction of sp³-hybridized carbons (Fsp3) is 0.667. The Morgan fingerprint density at radius 1 is 0.762 bits per heavy atom. The fourth-order valence-electron chi connectivity index (χ4n) is 2.42. The van der Waals surface area contributed by atoms with E-state index >= 15 is 0 Å². The van der Waals surface area contributed by atoms with Gasteiger partial charge in [0.25, 0.3) is 0 Å². The monoisotopic (exact) mass is 294 g/mol. The topological polar surface area (TPSA) is 49.7 Å². The Labute approximate surface area is 129 Å². The highest BCUT2D eigenvalue weighted by Crippen LogP contribution is 2.35. The van der Waals surface area contributed by atoms with Gasteiger partial charge in [-0.3, -0.25) is 0 Å². The molecule has 21 heavy (non-hydrogen) atoms. The Morgan fingerprint density at radius 3 is 1.76 bits per heavy atom. The van der Waals surface area contributed by atoms with Gasteiger partial charge < -0.3 is 14.9 Å². The Balaban J connectivity index is 1.95. The minimum absolute atomic E-state index is 0.00193. The molecule has 0 spiro atoms. The van der Waals surface area contributed by atoms with Crippen molar-refractivity contribution in [2.45, 2.75) is 71.1 Å². The number of rotatable bonds is 12. The second kappa shape index (κ2) is 11.3. The minimum Gasteiger partial charge on any atom is -0.504 e. The molecule has 0 aliphatic carbocycles. The molecule has 0 aliphatic heterocycles. The van der Waals surface area contributed by atoms with Crippen molar-refractivity contribution in [1.82, 2.24) is 0 Å². The number of ether oxygens (including phenoxy) is 1. The molecule has 0 atom stereocenters. The lowest BCUT2D eigenvalue weighted by Crippen LogP contribution is -1.97. The first kappa shape index (κ1) is 17.7. The zero-order valence-corrected chi connectivity index (χ0v) is 13.3. The third-order valence-electron chi connectivity index (χ3n) is 3.72. The lowest BCUT2D eigenvalue weighted by Gasteiger charge is -2.09. The minimum atomic E-state index is 0.00193. The highest BCUT2D eigenvalue weighted by atomic mass is 16.5. The number of benzene rings is 1. The Kier molecular flexibility index (Phi) is 9.51. The number of hydrogen-bond acceptors (Lipinski definition) is 3. The fourth-order valence-corrected chi connectivity index (χ4v) is 2.42. The smallest absolute Gasteiger partial charge is 0.203 e. The van der Waals surface area contributed by atoms with E-state index in [2.05, 4.69) is 6.92 Å². The van der Waals surface area contributed by atoms with Gasteiger partial charge in [0.05, 0.1) is 6.61 Å². The van der Waals surface area contributed by atoms with Crippen molar-refractivity contribution in [3.8, 4) is 17.2 Å². The van der Waals surface area contributed by atoms with E-state index in [9.17, 15) is 10.2 Å². The van der Waals surface area contributed by atoms with Crippen LogP contribution in [0.2, 0.25) is 0 Å². The molecule has 0 saturated heterocycles. The molecule has 1 rings (SSSR count). The molecule has 0 aliphatic rings. The average Bonchev–Trinajstić information content (AvgIpc) is 2.47. The molecule has 0 radical (unpaired) electrons. The maximum atomic E-state index is 9.57. The normalized spacial score (nSPS) is 10.7. The molecular weight excluding hydrogens is 264 g/mol. The van der Waals surface area contributed by atoms with Crippen molar-refractivity contribution < 1.29 is 14.9 Å². The van der Waals surface area contributed by atoms with Crippen LogP contribution in [-0.2, 0) is 0 Å². The number of aromatic hydroxyl groups is 2. The summed E-state index contributed by atoms with van der Waals surface area (Å²) in [6.45, 7) is 2.79. The predicted molar refractivity (Wildman–Crippen MR) is 87.1 cm³/mol. The molecule has 1 aromatic carbocycles. The van der Waals surface area contributed by atoms with Crippen LogP contribution in [-0.4, -0.2) is 16.8 Å². The molecule has 3 heteroatoms. The number of para-hydroxylation sites is 1. The molecule has 1 aromatic rings. The Bertz CT molecular complexity index is 356.